The Labute approximate surface area is 76.3 Å². The predicted octanol–water partition coefficient (Wildman–Crippen LogP) is 1.40. The lowest BCUT2D eigenvalue weighted by atomic mass is 10.4. The minimum absolute atomic E-state index is 0.338. The molecular weight excluding hydrogens is 178 g/mol. The van der Waals surface area contributed by atoms with E-state index in [4.69, 9.17) is 21.1 Å². The van der Waals surface area contributed by atoms with Crippen LogP contribution in [-0.2, 0) is 6.54 Å². The van der Waals surface area contributed by atoms with Crippen LogP contribution in [0.5, 0.6) is 0 Å². The summed E-state index contributed by atoms with van der Waals surface area (Å²) in [4.78, 5) is 0. The smallest absolute Gasteiger partial charge is 0.193 e. The molecule has 2 N–H and O–H groups in total. The van der Waals surface area contributed by atoms with E-state index in [1.807, 2.05) is 0 Å². The van der Waals surface area contributed by atoms with Gasteiger partial charge in [-0.15, -0.1) is 0 Å². The highest BCUT2D eigenvalue weighted by atomic mass is 35.5. The molecular formula is C8H12ClNO2. The Morgan fingerprint density at radius 1 is 1.67 bits per heavy atom. The fourth-order valence-corrected chi connectivity index (χ4v) is 1.01. The second-order valence-corrected chi connectivity index (χ2v) is 3.06. The van der Waals surface area contributed by atoms with Crippen LogP contribution in [0.3, 0.4) is 0 Å². The largest absolute Gasteiger partial charge is 0.448 e. The molecule has 0 aromatic carbocycles. The van der Waals surface area contributed by atoms with Crippen molar-refractivity contribution in [3.8, 4) is 0 Å². The summed E-state index contributed by atoms with van der Waals surface area (Å²) in [5, 5.41) is 12.3. The minimum atomic E-state index is -0.338. The normalized spacial score (nSPS) is 13.2. The zero-order valence-electron chi connectivity index (χ0n) is 6.88. The summed E-state index contributed by atoms with van der Waals surface area (Å²) in [7, 11) is 0. The van der Waals surface area contributed by atoms with E-state index < -0.39 is 0 Å². The highest BCUT2D eigenvalue weighted by Crippen LogP contribution is 2.12. The third-order valence-electron chi connectivity index (χ3n) is 1.37. The zero-order chi connectivity index (χ0) is 8.97. The van der Waals surface area contributed by atoms with Gasteiger partial charge in [0, 0.05) is 6.54 Å². The second kappa shape index (κ2) is 4.50. The molecule has 0 fully saturated rings. The Hall–Kier alpha value is -0.510. The van der Waals surface area contributed by atoms with Crippen molar-refractivity contribution in [3.63, 3.8) is 0 Å². The van der Waals surface area contributed by atoms with Crippen LogP contribution in [0.1, 0.15) is 12.7 Å². The van der Waals surface area contributed by atoms with Gasteiger partial charge in [-0.3, -0.25) is 0 Å². The summed E-state index contributed by atoms with van der Waals surface area (Å²) in [6.07, 6.45) is -0.338. The van der Waals surface area contributed by atoms with Crippen molar-refractivity contribution in [2.75, 3.05) is 6.54 Å². The van der Waals surface area contributed by atoms with Crippen LogP contribution in [-0.4, -0.2) is 17.8 Å². The Kier molecular flexibility index (Phi) is 3.59. The summed E-state index contributed by atoms with van der Waals surface area (Å²) in [6, 6.07) is 3.50. The van der Waals surface area contributed by atoms with Crippen molar-refractivity contribution in [1.29, 1.82) is 0 Å². The molecule has 0 aliphatic heterocycles. The van der Waals surface area contributed by atoms with Crippen molar-refractivity contribution in [2.24, 2.45) is 0 Å². The number of aliphatic hydroxyl groups excluding tert-OH is 1. The summed E-state index contributed by atoms with van der Waals surface area (Å²) < 4.78 is 5.09. The molecule has 68 valence electrons. The van der Waals surface area contributed by atoms with E-state index in [-0.39, 0.29) is 6.10 Å². The molecule has 1 rings (SSSR count). The van der Waals surface area contributed by atoms with E-state index in [2.05, 4.69) is 5.32 Å². The van der Waals surface area contributed by atoms with Crippen LogP contribution >= 0.6 is 11.6 Å². The number of hydrogen-bond acceptors (Lipinski definition) is 3. The molecule has 0 aliphatic rings. The second-order valence-electron chi connectivity index (χ2n) is 2.69. The molecule has 4 heteroatoms. The standard InChI is InChI=1S/C8H12ClNO2/c1-6(11)4-10-5-7-2-3-8(9)12-7/h2-3,6,10-11H,4-5H2,1H3/t6-/m0/s1. The van der Waals surface area contributed by atoms with E-state index in [9.17, 15) is 0 Å². The first-order valence-corrected chi connectivity index (χ1v) is 4.19. The molecule has 1 heterocycles. The molecule has 0 spiro atoms. The van der Waals surface area contributed by atoms with Gasteiger partial charge in [0.2, 0.25) is 0 Å². The predicted molar refractivity (Wildman–Crippen MR) is 47.1 cm³/mol. The van der Waals surface area contributed by atoms with Gasteiger partial charge in [-0.1, -0.05) is 0 Å². The van der Waals surface area contributed by atoms with Gasteiger partial charge in [-0.05, 0) is 30.7 Å². The Balaban J connectivity index is 2.24. The van der Waals surface area contributed by atoms with Gasteiger partial charge in [0.15, 0.2) is 5.22 Å². The van der Waals surface area contributed by atoms with Gasteiger partial charge in [-0.2, -0.15) is 0 Å². The fourth-order valence-electron chi connectivity index (χ4n) is 0.851. The molecule has 0 amide bonds. The van der Waals surface area contributed by atoms with Crippen LogP contribution in [0.4, 0.5) is 0 Å². The summed E-state index contributed by atoms with van der Waals surface area (Å²) >= 11 is 5.56. The minimum Gasteiger partial charge on any atom is -0.448 e. The lowest BCUT2D eigenvalue weighted by Gasteiger charge is -2.03. The van der Waals surface area contributed by atoms with Crippen molar-refractivity contribution >= 4 is 11.6 Å². The van der Waals surface area contributed by atoms with Crippen LogP contribution in [0.15, 0.2) is 16.5 Å². The number of aliphatic hydroxyl groups is 1. The highest BCUT2D eigenvalue weighted by molar-refractivity contribution is 6.28. The van der Waals surface area contributed by atoms with E-state index in [0.717, 1.165) is 5.76 Å². The topological polar surface area (TPSA) is 45.4 Å². The maximum atomic E-state index is 8.92. The Morgan fingerprint density at radius 3 is 2.92 bits per heavy atom. The van der Waals surface area contributed by atoms with Crippen molar-refractivity contribution in [2.45, 2.75) is 19.6 Å². The van der Waals surface area contributed by atoms with Crippen LogP contribution in [0, 0.1) is 0 Å². The molecule has 0 bridgehead atoms. The van der Waals surface area contributed by atoms with Crippen molar-refractivity contribution in [3.05, 3.63) is 23.1 Å². The van der Waals surface area contributed by atoms with Crippen molar-refractivity contribution in [1.82, 2.24) is 5.32 Å². The lowest BCUT2D eigenvalue weighted by molar-refractivity contribution is 0.190. The average Bonchev–Trinajstić information content (AvgIpc) is 2.35. The molecule has 1 aromatic rings. The van der Waals surface area contributed by atoms with Gasteiger partial charge in [-0.25, -0.2) is 0 Å². The summed E-state index contributed by atoms with van der Waals surface area (Å²) in [6.45, 7) is 2.87. The van der Waals surface area contributed by atoms with E-state index in [1.165, 1.54) is 0 Å². The first-order valence-electron chi connectivity index (χ1n) is 3.81. The number of furan rings is 1. The van der Waals surface area contributed by atoms with E-state index >= 15 is 0 Å². The van der Waals surface area contributed by atoms with Crippen LogP contribution < -0.4 is 5.32 Å². The maximum Gasteiger partial charge on any atom is 0.193 e. The fraction of sp³-hybridized carbons (Fsp3) is 0.500. The third kappa shape index (κ3) is 3.26. The monoisotopic (exact) mass is 189 g/mol. The molecule has 0 radical (unpaired) electrons. The number of halogens is 1. The molecule has 0 aliphatic carbocycles. The van der Waals surface area contributed by atoms with Gasteiger partial charge in [0.1, 0.15) is 5.76 Å². The highest BCUT2D eigenvalue weighted by Gasteiger charge is 1.99. The average molecular weight is 190 g/mol. The number of rotatable bonds is 4. The van der Waals surface area contributed by atoms with Gasteiger partial charge in [0.25, 0.3) is 0 Å². The first kappa shape index (κ1) is 9.58. The zero-order valence-corrected chi connectivity index (χ0v) is 7.64. The maximum absolute atomic E-state index is 8.92. The van der Waals surface area contributed by atoms with Gasteiger partial charge >= 0.3 is 0 Å². The van der Waals surface area contributed by atoms with Crippen molar-refractivity contribution < 1.29 is 9.52 Å². The molecule has 1 aromatic heterocycles. The Morgan fingerprint density at radius 2 is 2.42 bits per heavy atom. The number of nitrogens with one attached hydrogen (secondary N) is 1. The molecule has 0 saturated carbocycles. The lowest BCUT2D eigenvalue weighted by Crippen LogP contribution is -2.23. The van der Waals surface area contributed by atoms with E-state index in [0.29, 0.717) is 18.3 Å². The molecule has 0 unspecified atom stereocenters. The van der Waals surface area contributed by atoms with Gasteiger partial charge < -0.3 is 14.8 Å². The quantitative estimate of drug-likeness (QED) is 0.753. The van der Waals surface area contributed by atoms with Gasteiger partial charge in [0.05, 0.1) is 12.6 Å². The SMILES string of the molecule is C[C@H](O)CNCc1ccc(Cl)o1. The molecule has 12 heavy (non-hydrogen) atoms. The third-order valence-corrected chi connectivity index (χ3v) is 1.57. The molecule has 1 atom stereocenters. The number of hydrogen-bond donors (Lipinski definition) is 2. The molecule has 0 saturated heterocycles. The molecule has 3 nitrogen and oxygen atoms in total. The first-order chi connectivity index (χ1) is 5.68. The summed E-state index contributed by atoms with van der Waals surface area (Å²) in [5.41, 5.74) is 0. The Bertz CT molecular complexity index is 235. The van der Waals surface area contributed by atoms with Crippen LogP contribution in [0.25, 0.3) is 0 Å². The van der Waals surface area contributed by atoms with E-state index in [1.54, 1.807) is 19.1 Å². The summed E-state index contributed by atoms with van der Waals surface area (Å²) in [5.74, 6) is 0.778. The van der Waals surface area contributed by atoms with Crippen LogP contribution in [0.2, 0.25) is 5.22 Å².